The molecule has 0 aliphatic heterocycles. The third kappa shape index (κ3) is 2.19. The monoisotopic (exact) mass is 211 g/mol. The molecule has 0 bridgehead atoms. The Bertz CT molecular complexity index is 369. The second-order valence-electron chi connectivity index (χ2n) is 3.92. The van der Waals surface area contributed by atoms with E-state index in [0.29, 0.717) is 0 Å². The summed E-state index contributed by atoms with van der Waals surface area (Å²) in [6.45, 7) is 5.79. The fourth-order valence-electron chi connectivity index (χ4n) is 1.71. The van der Waals surface area contributed by atoms with Gasteiger partial charge in [-0.1, -0.05) is 6.92 Å². The SMILES string of the molecule is CCCc1n(C)c(C)c[n+]1C(C)C(=O)O. The largest absolute Gasteiger partial charge is 0.478 e. The minimum Gasteiger partial charge on any atom is -0.478 e. The number of nitrogens with zero attached hydrogens (tertiary/aromatic N) is 2. The molecule has 4 heteroatoms. The molecule has 1 heterocycles. The highest BCUT2D eigenvalue weighted by Gasteiger charge is 2.26. The molecule has 1 unspecified atom stereocenters. The van der Waals surface area contributed by atoms with E-state index < -0.39 is 12.0 Å². The Hall–Kier alpha value is -1.32. The van der Waals surface area contributed by atoms with Gasteiger partial charge in [-0.3, -0.25) is 0 Å². The van der Waals surface area contributed by atoms with Crippen molar-refractivity contribution in [1.82, 2.24) is 4.57 Å². The first-order valence-electron chi connectivity index (χ1n) is 5.28. The van der Waals surface area contributed by atoms with Crippen LogP contribution in [-0.2, 0) is 18.3 Å². The van der Waals surface area contributed by atoms with E-state index in [2.05, 4.69) is 11.5 Å². The van der Waals surface area contributed by atoms with Gasteiger partial charge < -0.3 is 5.11 Å². The first-order chi connectivity index (χ1) is 6.99. The molecule has 1 aromatic rings. The predicted molar refractivity (Wildman–Crippen MR) is 56.7 cm³/mol. The van der Waals surface area contributed by atoms with Gasteiger partial charge in [0.15, 0.2) is 6.04 Å². The van der Waals surface area contributed by atoms with Crippen molar-refractivity contribution in [1.29, 1.82) is 0 Å². The molecule has 84 valence electrons. The van der Waals surface area contributed by atoms with Crippen molar-refractivity contribution < 1.29 is 14.5 Å². The maximum absolute atomic E-state index is 10.9. The minimum absolute atomic E-state index is 0.494. The summed E-state index contributed by atoms with van der Waals surface area (Å²) in [5.74, 6) is 0.285. The van der Waals surface area contributed by atoms with Crippen LogP contribution in [0, 0.1) is 6.92 Å². The van der Waals surface area contributed by atoms with Gasteiger partial charge in [0.25, 0.3) is 5.82 Å². The van der Waals surface area contributed by atoms with Crippen molar-refractivity contribution >= 4 is 5.97 Å². The van der Waals surface area contributed by atoms with Crippen LogP contribution in [0.25, 0.3) is 0 Å². The summed E-state index contributed by atoms with van der Waals surface area (Å²) in [4.78, 5) is 10.9. The maximum atomic E-state index is 10.9. The van der Waals surface area contributed by atoms with Crippen molar-refractivity contribution in [2.45, 2.75) is 39.7 Å². The van der Waals surface area contributed by atoms with Gasteiger partial charge in [-0.25, -0.2) is 13.9 Å². The average Bonchev–Trinajstić information content (AvgIpc) is 2.45. The number of rotatable bonds is 4. The smallest absolute Gasteiger partial charge is 0.349 e. The molecule has 1 aromatic heterocycles. The summed E-state index contributed by atoms with van der Waals surface area (Å²) in [5, 5.41) is 9.00. The molecular weight excluding hydrogens is 192 g/mol. The van der Waals surface area contributed by atoms with Crippen LogP contribution in [0.4, 0.5) is 0 Å². The molecule has 0 amide bonds. The molecule has 0 aliphatic carbocycles. The molecule has 0 aromatic carbocycles. The zero-order chi connectivity index (χ0) is 11.6. The summed E-state index contributed by atoms with van der Waals surface area (Å²) in [6, 6.07) is -0.494. The van der Waals surface area contributed by atoms with Crippen molar-refractivity contribution in [2.75, 3.05) is 0 Å². The van der Waals surface area contributed by atoms with Gasteiger partial charge in [-0.15, -0.1) is 0 Å². The number of aliphatic carboxylic acids is 1. The lowest BCUT2D eigenvalue weighted by molar-refractivity contribution is -0.714. The summed E-state index contributed by atoms with van der Waals surface area (Å²) in [7, 11) is 1.98. The van der Waals surface area contributed by atoms with E-state index in [0.717, 1.165) is 24.4 Å². The summed E-state index contributed by atoms with van der Waals surface area (Å²) >= 11 is 0. The summed E-state index contributed by atoms with van der Waals surface area (Å²) in [6.07, 6.45) is 3.83. The van der Waals surface area contributed by atoms with Crippen molar-refractivity contribution in [2.24, 2.45) is 7.05 Å². The molecule has 0 aliphatic rings. The zero-order valence-corrected chi connectivity index (χ0v) is 9.82. The van der Waals surface area contributed by atoms with Crippen LogP contribution in [0.5, 0.6) is 0 Å². The molecule has 0 saturated carbocycles. The molecule has 0 spiro atoms. The number of hydrogen-bond acceptors (Lipinski definition) is 1. The van der Waals surface area contributed by atoms with Crippen molar-refractivity contribution in [3.05, 3.63) is 17.7 Å². The van der Waals surface area contributed by atoms with Gasteiger partial charge in [-0.2, -0.15) is 0 Å². The Morgan fingerprint density at radius 3 is 2.73 bits per heavy atom. The first-order valence-corrected chi connectivity index (χ1v) is 5.28. The maximum Gasteiger partial charge on any atom is 0.349 e. The second-order valence-corrected chi connectivity index (χ2v) is 3.92. The van der Waals surface area contributed by atoms with E-state index in [1.165, 1.54) is 0 Å². The third-order valence-corrected chi connectivity index (χ3v) is 2.79. The molecule has 0 saturated heterocycles. The lowest BCUT2D eigenvalue weighted by Gasteiger charge is -2.05. The number of hydrogen-bond donors (Lipinski definition) is 1. The van der Waals surface area contributed by atoms with Crippen LogP contribution in [0.3, 0.4) is 0 Å². The number of aromatic nitrogens is 2. The Kier molecular flexibility index (Phi) is 3.50. The molecule has 1 rings (SSSR count). The zero-order valence-electron chi connectivity index (χ0n) is 9.82. The van der Waals surface area contributed by atoms with E-state index in [1.54, 1.807) is 6.92 Å². The quantitative estimate of drug-likeness (QED) is 0.761. The molecule has 4 nitrogen and oxygen atoms in total. The minimum atomic E-state index is -0.789. The van der Waals surface area contributed by atoms with Gasteiger partial charge in [0.1, 0.15) is 11.9 Å². The highest BCUT2D eigenvalue weighted by molar-refractivity contribution is 5.69. The highest BCUT2D eigenvalue weighted by atomic mass is 16.4. The van der Waals surface area contributed by atoms with E-state index in [9.17, 15) is 4.79 Å². The number of aryl methyl sites for hydroxylation is 1. The predicted octanol–water partition coefficient (Wildman–Crippen LogP) is 1.22. The van der Waals surface area contributed by atoms with Crippen LogP contribution in [0.15, 0.2) is 6.20 Å². The Balaban J connectivity index is 3.16. The molecule has 0 radical (unpaired) electrons. The third-order valence-electron chi connectivity index (χ3n) is 2.79. The van der Waals surface area contributed by atoms with Crippen LogP contribution < -0.4 is 4.57 Å². The van der Waals surface area contributed by atoms with E-state index in [-0.39, 0.29) is 0 Å². The van der Waals surface area contributed by atoms with Gasteiger partial charge in [0.05, 0.1) is 7.05 Å². The molecule has 1 N–H and O–H groups in total. The van der Waals surface area contributed by atoms with Crippen LogP contribution in [-0.4, -0.2) is 15.6 Å². The van der Waals surface area contributed by atoms with E-state index in [4.69, 9.17) is 5.11 Å². The van der Waals surface area contributed by atoms with Crippen LogP contribution >= 0.6 is 0 Å². The first kappa shape index (κ1) is 11.8. The number of carbonyl (C=O) groups is 1. The fraction of sp³-hybridized carbons (Fsp3) is 0.636. The average molecular weight is 211 g/mol. The highest BCUT2D eigenvalue weighted by Crippen LogP contribution is 2.06. The van der Waals surface area contributed by atoms with Crippen LogP contribution in [0.1, 0.15) is 37.8 Å². The Morgan fingerprint density at radius 2 is 2.27 bits per heavy atom. The van der Waals surface area contributed by atoms with Crippen LogP contribution in [0.2, 0.25) is 0 Å². The van der Waals surface area contributed by atoms with Crippen molar-refractivity contribution in [3.63, 3.8) is 0 Å². The normalized spacial score (nSPS) is 12.8. The number of carboxylic acids is 1. The van der Waals surface area contributed by atoms with Crippen molar-refractivity contribution in [3.8, 4) is 0 Å². The molecule has 15 heavy (non-hydrogen) atoms. The van der Waals surface area contributed by atoms with Gasteiger partial charge >= 0.3 is 5.97 Å². The Labute approximate surface area is 90.2 Å². The second kappa shape index (κ2) is 4.47. The van der Waals surface area contributed by atoms with Gasteiger partial charge in [-0.05, 0) is 13.3 Å². The number of imidazole rings is 1. The fourth-order valence-corrected chi connectivity index (χ4v) is 1.71. The van der Waals surface area contributed by atoms with E-state index >= 15 is 0 Å². The summed E-state index contributed by atoms with van der Waals surface area (Å²) in [5.41, 5.74) is 1.09. The standard InChI is InChI=1S/C11H18N2O2/c1-5-6-10-12(4)8(2)7-13(10)9(3)11(14)15/h7,9H,5-6H2,1-4H3/p+1. The van der Waals surface area contributed by atoms with Gasteiger partial charge in [0.2, 0.25) is 0 Å². The number of carboxylic acid groups (broad SMARTS) is 1. The lowest BCUT2D eigenvalue weighted by atomic mass is 10.3. The lowest BCUT2D eigenvalue weighted by Crippen LogP contribution is -2.44. The Morgan fingerprint density at radius 1 is 1.67 bits per heavy atom. The molecule has 0 fully saturated rings. The summed E-state index contributed by atoms with van der Waals surface area (Å²) < 4.78 is 3.91. The molecular formula is C11H19N2O2+. The van der Waals surface area contributed by atoms with E-state index in [1.807, 2.05) is 24.7 Å². The molecule has 1 atom stereocenters. The topological polar surface area (TPSA) is 46.1 Å². The van der Waals surface area contributed by atoms with Gasteiger partial charge in [0, 0.05) is 13.3 Å².